The molecular weight excluding hydrogens is 266 g/mol. The number of fused-ring (bicyclic) bond motifs is 1. The molecule has 3 rings (SSSR count). The van der Waals surface area contributed by atoms with Gasteiger partial charge in [-0.1, -0.05) is 30.3 Å². The van der Waals surface area contributed by atoms with Gasteiger partial charge in [-0.25, -0.2) is 4.79 Å². The molecule has 4 N–H and O–H groups in total. The molecule has 0 aliphatic rings. The van der Waals surface area contributed by atoms with E-state index in [9.17, 15) is 4.79 Å². The van der Waals surface area contributed by atoms with Gasteiger partial charge in [-0.3, -0.25) is 4.57 Å². The summed E-state index contributed by atoms with van der Waals surface area (Å²) >= 11 is 0. The zero-order valence-electron chi connectivity index (χ0n) is 11.3. The fraction of sp³-hybridized carbons (Fsp3) is 0.0625. The van der Waals surface area contributed by atoms with Crippen molar-refractivity contribution >= 4 is 22.6 Å². The van der Waals surface area contributed by atoms with Crippen LogP contribution in [0.1, 0.15) is 5.56 Å². The minimum absolute atomic E-state index is 0.457. The molecule has 0 fully saturated rings. The van der Waals surface area contributed by atoms with Gasteiger partial charge in [-0.05, 0) is 17.7 Å². The first-order valence-corrected chi connectivity index (χ1v) is 6.52. The van der Waals surface area contributed by atoms with E-state index in [0.717, 1.165) is 10.9 Å². The molecule has 0 atom stereocenters. The standard InChI is InChI=1S/C16H15N3O2/c17-14-9-19(16(18)20)15-8-12(6-7-13(14)15)21-10-11-4-2-1-3-5-11/h1-9H,10,17H2,(H2,18,20). The van der Waals surface area contributed by atoms with Crippen LogP contribution >= 0.6 is 0 Å². The van der Waals surface area contributed by atoms with E-state index >= 15 is 0 Å². The third-order valence-electron chi connectivity index (χ3n) is 3.29. The highest BCUT2D eigenvalue weighted by molar-refractivity contribution is 5.99. The molecule has 21 heavy (non-hydrogen) atoms. The van der Waals surface area contributed by atoms with Gasteiger partial charge in [-0.2, -0.15) is 0 Å². The molecule has 0 aliphatic heterocycles. The summed E-state index contributed by atoms with van der Waals surface area (Å²) in [5.41, 5.74) is 13.4. The molecule has 0 saturated heterocycles. The Morgan fingerprint density at radius 1 is 1.14 bits per heavy atom. The quantitative estimate of drug-likeness (QED) is 0.774. The number of amides is 1. The number of nitrogens with two attached hydrogens (primary N) is 2. The number of carbonyl (C=O) groups excluding carboxylic acids is 1. The molecule has 1 heterocycles. The van der Waals surface area contributed by atoms with Gasteiger partial charge in [0.15, 0.2) is 0 Å². The Bertz CT molecular complexity index is 794. The lowest BCUT2D eigenvalue weighted by Gasteiger charge is -2.07. The Morgan fingerprint density at radius 3 is 2.62 bits per heavy atom. The molecule has 0 saturated carbocycles. The van der Waals surface area contributed by atoms with Crippen molar-refractivity contribution in [3.05, 3.63) is 60.3 Å². The smallest absolute Gasteiger partial charge is 0.323 e. The van der Waals surface area contributed by atoms with E-state index in [1.165, 1.54) is 10.8 Å². The van der Waals surface area contributed by atoms with Gasteiger partial charge >= 0.3 is 6.03 Å². The molecule has 5 nitrogen and oxygen atoms in total. The number of anilines is 1. The summed E-state index contributed by atoms with van der Waals surface area (Å²) in [5.74, 6) is 0.659. The van der Waals surface area contributed by atoms with Crippen LogP contribution in [-0.2, 0) is 6.61 Å². The van der Waals surface area contributed by atoms with E-state index in [1.807, 2.05) is 42.5 Å². The lowest BCUT2D eigenvalue weighted by Crippen LogP contribution is -2.18. The maximum Gasteiger partial charge on any atom is 0.323 e. The predicted octanol–water partition coefficient (Wildman–Crippen LogP) is 2.73. The van der Waals surface area contributed by atoms with Gasteiger partial charge in [0.1, 0.15) is 12.4 Å². The topological polar surface area (TPSA) is 83.3 Å². The Hall–Kier alpha value is -2.95. The number of primary amides is 1. The number of benzene rings is 2. The van der Waals surface area contributed by atoms with E-state index in [4.69, 9.17) is 16.2 Å². The van der Waals surface area contributed by atoms with Gasteiger partial charge in [0, 0.05) is 17.6 Å². The summed E-state index contributed by atoms with van der Waals surface area (Å²) in [6.45, 7) is 0.457. The number of hydrogen-bond acceptors (Lipinski definition) is 3. The fourth-order valence-corrected chi connectivity index (χ4v) is 2.25. The van der Waals surface area contributed by atoms with Gasteiger partial charge < -0.3 is 16.2 Å². The molecular formula is C16H15N3O2. The summed E-state index contributed by atoms with van der Waals surface area (Å²) in [6, 6.07) is 14.7. The number of carbonyl (C=O) groups is 1. The molecule has 106 valence electrons. The Morgan fingerprint density at radius 2 is 1.90 bits per heavy atom. The lowest BCUT2D eigenvalue weighted by molar-refractivity contribution is 0.251. The maximum absolute atomic E-state index is 11.4. The summed E-state index contributed by atoms with van der Waals surface area (Å²) in [5, 5.41) is 0.779. The second-order valence-corrected chi connectivity index (χ2v) is 4.75. The van der Waals surface area contributed by atoms with Crippen molar-refractivity contribution in [3.8, 4) is 5.75 Å². The van der Waals surface area contributed by atoms with Gasteiger partial charge in [0.25, 0.3) is 0 Å². The molecule has 2 aromatic carbocycles. The van der Waals surface area contributed by atoms with E-state index in [1.54, 1.807) is 6.07 Å². The molecule has 0 unspecified atom stereocenters. The SMILES string of the molecule is NC(=O)n1cc(N)c2ccc(OCc3ccccc3)cc21. The highest BCUT2D eigenvalue weighted by Crippen LogP contribution is 2.27. The summed E-state index contributed by atoms with van der Waals surface area (Å²) in [4.78, 5) is 11.4. The molecule has 0 radical (unpaired) electrons. The number of nitrogen functional groups attached to an aromatic ring is 1. The van der Waals surface area contributed by atoms with Crippen molar-refractivity contribution in [3.63, 3.8) is 0 Å². The van der Waals surface area contributed by atoms with Crippen molar-refractivity contribution in [1.82, 2.24) is 4.57 Å². The molecule has 1 aromatic heterocycles. The zero-order valence-corrected chi connectivity index (χ0v) is 11.3. The lowest BCUT2D eigenvalue weighted by atomic mass is 10.2. The van der Waals surface area contributed by atoms with Crippen LogP contribution in [0.15, 0.2) is 54.7 Å². The van der Waals surface area contributed by atoms with Crippen LogP contribution in [0.4, 0.5) is 10.5 Å². The van der Waals surface area contributed by atoms with Crippen LogP contribution in [0.5, 0.6) is 5.75 Å². The Balaban J connectivity index is 1.90. The van der Waals surface area contributed by atoms with Crippen molar-refractivity contribution in [2.24, 2.45) is 5.73 Å². The first-order chi connectivity index (χ1) is 10.1. The molecule has 3 aromatic rings. The number of rotatable bonds is 3. The van der Waals surface area contributed by atoms with Crippen molar-refractivity contribution in [2.45, 2.75) is 6.61 Å². The van der Waals surface area contributed by atoms with E-state index in [0.29, 0.717) is 23.6 Å². The minimum atomic E-state index is -0.572. The number of nitrogens with zero attached hydrogens (tertiary/aromatic N) is 1. The zero-order chi connectivity index (χ0) is 14.8. The molecule has 0 aliphatic carbocycles. The highest BCUT2D eigenvalue weighted by Gasteiger charge is 2.10. The van der Waals surface area contributed by atoms with E-state index in [-0.39, 0.29) is 0 Å². The van der Waals surface area contributed by atoms with Gasteiger partial charge in [0.2, 0.25) is 0 Å². The Kier molecular flexibility index (Phi) is 3.23. The summed E-state index contributed by atoms with van der Waals surface area (Å²) in [6.07, 6.45) is 1.52. The van der Waals surface area contributed by atoms with Crippen LogP contribution in [-0.4, -0.2) is 10.6 Å². The van der Waals surface area contributed by atoms with Crippen LogP contribution < -0.4 is 16.2 Å². The van der Waals surface area contributed by atoms with Gasteiger partial charge in [0.05, 0.1) is 11.2 Å². The van der Waals surface area contributed by atoms with Crippen LogP contribution in [0.3, 0.4) is 0 Å². The van der Waals surface area contributed by atoms with Crippen molar-refractivity contribution < 1.29 is 9.53 Å². The average molecular weight is 281 g/mol. The third-order valence-corrected chi connectivity index (χ3v) is 3.29. The highest BCUT2D eigenvalue weighted by atomic mass is 16.5. The second-order valence-electron chi connectivity index (χ2n) is 4.75. The third kappa shape index (κ3) is 2.53. The first-order valence-electron chi connectivity index (χ1n) is 6.52. The van der Waals surface area contributed by atoms with Crippen molar-refractivity contribution in [1.29, 1.82) is 0 Å². The number of aromatic nitrogens is 1. The molecule has 0 spiro atoms. The first kappa shape index (κ1) is 13.1. The summed E-state index contributed by atoms with van der Waals surface area (Å²) in [7, 11) is 0. The van der Waals surface area contributed by atoms with Crippen LogP contribution in [0.25, 0.3) is 10.9 Å². The van der Waals surface area contributed by atoms with Crippen molar-refractivity contribution in [2.75, 3.05) is 5.73 Å². The summed E-state index contributed by atoms with van der Waals surface area (Å²) < 4.78 is 7.06. The van der Waals surface area contributed by atoms with Crippen LogP contribution in [0.2, 0.25) is 0 Å². The maximum atomic E-state index is 11.4. The fourth-order valence-electron chi connectivity index (χ4n) is 2.25. The predicted molar refractivity (Wildman–Crippen MR) is 82.1 cm³/mol. The van der Waals surface area contributed by atoms with Gasteiger partial charge in [-0.15, -0.1) is 0 Å². The number of hydrogen-bond donors (Lipinski definition) is 2. The molecule has 0 bridgehead atoms. The van der Waals surface area contributed by atoms with E-state index < -0.39 is 6.03 Å². The van der Waals surface area contributed by atoms with E-state index in [2.05, 4.69) is 0 Å². The van der Waals surface area contributed by atoms with Crippen LogP contribution in [0, 0.1) is 0 Å². The second kappa shape index (κ2) is 5.20. The average Bonchev–Trinajstić information content (AvgIpc) is 2.83. The normalized spacial score (nSPS) is 10.7. The molecule has 1 amide bonds. The largest absolute Gasteiger partial charge is 0.489 e. The number of ether oxygens (including phenoxy) is 1. The molecule has 5 heteroatoms. The monoisotopic (exact) mass is 281 g/mol. The minimum Gasteiger partial charge on any atom is -0.489 e. The Labute approximate surface area is 121 Å².